The molecule has 0 unspecified atom stereocenters. The lowest BCUT2D eigenvalue weighted by Gasteiger charge is -2.08. The molecule has 0 fully saturated rings. The molecule has 0 saturated carbocycles. The Kier molecular flexibility index (Phi) is 6.83. The number of hydrogen-bond donors (Lipinski definition) is 4. The number of rotatable bonds is 8. The zero-order valence-electron chi connectivity index (χ0n) is 14.0. The molecule has 25 heavy (non-hydrogen) atoms. The SMILES string of the molecule is Nc1ccccc1NC(=O)CCCCCC(=O)Nc1ccc(O)cc1. The van der Waals surface area contributed by atoms with Gasteiger partial charge in [-0.3, -0.25) is 9.59 Å². The van der Waals surface area contributed by atoms with Gasteiger partial charge in [0.25, 0.3) is 0 Å². The summed E-state index contributed by atoms with van der Waals surface area (Å²) in [6.45, 7) is 0. The van der Waals surface area contributed by atoms with Crippen LogP contribution in [0.5, 0.6) is 5.75 Å². The van der Waals surface area contributed by atoms with E-state index in [4.69, 9.17) is 5.73 Å². The summed E-state index contributed by atoms with van der Waals surface area (Å²) in [5.41, 5.74) is 7.60. The number of carbonyl (C=O) groups is 2. The molecular weight excluding hydrogens is 318 g/mol. The van der Waals surface area contributed by atoms with Crippen LogP contribution >= 0.6 is 0 Å². The number of para-hydroxylation sites is 2. The van der Waals surface area contributed by atoms with E-state index in [2.05, 4.69) is 10.6 Å². The van der Waals surface area contributed by atoms with Crippen molar-refractivity contribution >= 4 is 28.9 Å². The Hall–Kier alpha value is -3.02. The molecule has 0 spiro atoms. The first-order chi connectivity index (χ1) is 12.0. The van der Waals surface area contributed by atoms with Crippen molar-refractivity contribution in [2.75, 3.05) is 16.4 Å². The summed E-state index contributed by atoms with van der Waals surface area (Å²) >= 11 is 0. The van der Waals surface area contributed by atoms with Crippen molar-refractivity contribution in [2.45, 2.75) is 32.1 Å². The van der Waals surface area contributed by atoms with Gasteiger partial charge in [0, 0.05) is 18.5 Å². The average Bonchev–Trinajstić information content (AvgIpc) is 2.59. The Bertz CT molecular complexity index is 714. The zero-order chi connectivity index (χ0) is 18.1. The topological polar surface area (TPSA) is 104 Å². The number of carbonyl (C=O) groups excluding carboxylic acids is 2. The van der Waals surface area contributed by atoms with Crippen LogP contribution < -0.4 is 16.4 Å². The van der Waals surface area contributed by atoms with Crippen molar-refractivity contribution in [3.63, 3.8) is 0 Å². The standard InChI is InChI=1S/C19H23N3O3/c20-16-6-4-5-7-17(16)22-19(25)9-3-1-2-8-18(24)21-14-10-12-15(23)13-11-14/h4-7,10-13,23H,1-3,8-9,20H2,(H,21,24)(H,22,25). The predicted octanol–water partition coefficient (Wildman–Crippen LogP) is 3.50. The molecule has 132 valence electrons. The predicted molar refractivity (Wildman–Crippen MR) is 99.3 cm³/mol. The molecule has 6 heteroatoms. The first kappa shape index (κ1) is 18.3. The molecule has 2 rings (SSSR count). The molecule has 0 atom stereocenters. The molecule has 0 aromatic heterocycles. The van der Waals surface area contributed by atoms with Gasteiger partial charge in [0.15, 0.2) is 0 Å². The van der Waals surface area contributed by atoms with E-state index in [1.165, 1.54) is 12.1 Å². The quantitative estimate of drug-likeness (QED) is 0.335. The molecule has 6 nitrogen and oxygen atoms in total. The van der Waals surface area contributed by atoms with E-state index >= 15 is 0 Å². The number of unbranched alkanes of at least 4 members (excludes halogenated alkanes) is 2. The van der Waals surface area contributed by atoms with E-state index in [0.717, 1.165) is 6.42 Å². The Morgan fingerprint density at radius 2 is 1.44 bits per heavy atom. The molecule has 0 saturated heterocycles. The van der Waals surface area contributed by atoms with Gasteiger partial charge in [0.05, 0.1) is 11.4 Å². The number of phenols is 1. The Balaban J connectivity index is 1.59. The highest BCUT2D eigenvalue weighted by Crippen LogP contribution is 2.17. The van der Waals surface area contributed by atoms with Gasteiger partial charge in [-0.15, -0.1) is 0 Å². The number of phenolic OH excluding ortho intramolecular Hbond substituents is 1. The van der Waals surface area contributed by atoms with Gasteiger partial charge in [-0.25, -0.2) is 0 Å². The maximum Gasteiger partial charge on any atom is 0.224 e. The number of amides is 2. The number of nitrogens with two attached hydrogens (primary N) is 1. The van der Waals surface area contributed by atoms with Crippen LogP contribution in [0.2, 0.25) is 0 Å². The Labute approximate surface area is 147 Å². The lowest BCUT2D eigenvalue weighted by atomic mass is 10.1. The van der Waals surface area contributed by atoms with Crippen LogP contribution in [0.15, 0.2) is 48.5 Å². The third-order valence-corrected chi connectivity index (χ3v) is 3.69. The van der Waals surface area contributed by atoms with Gasteiger partial charge in [-0.1, -0.05) is 18.6 Å². The minimum absolute atomic E-state index is 0.0767. The molecule has 2 aromatic carbocycles. The van der Waals surface area contributed by atoms with Crippen molar-refractivity contribution in [3.05, 3.63) is 48.5 Å². The van der Waals surface area contributed by atoms with Crippen molar-refractivity contribution in [3.8, 4) is 5.75 Å². The van der Waals surface area contributed by atoms with Crippen LogP contribution in [0, 0.1) is 0 Å². The third-order valence-electron chi connectivity index (χ3n) is 3.69. The molecule has 0 aliphatic heterocycles. The van der Waals surface area contributed by atoms with Gasteiger partial charge < -0.3 is 21.5 Å². The monoisotopic (exact) mass is 341 g/mol. The van der Waals surface area contributed by atoms with Gasteiger partial charge in [0.1, 0.15) is 5.75 Å². The van der Waals surface area contributed by atoms with E-state index in [-0.39, 0.29) is 17.6 Å². The highest BCUT2D eigenvalue weighted by Gasteiger charge is 2.06. The summed E-state index contributed by atoms with van der Waals surface area (Å²) in [5.74, 6) is 0.00665. The van der Waals surface area contributed by atoms with Crippen LogP contribution in [0.1, 0.15) is 32.1 Å². The van der Waals surface area contributed by atoms with E-state index < -0.39 is 0 Å². The number of nitrogen functional groups attached to an aromatic ring is 1. The average molecular weight is 341 g/mol. The summed E-state index contributed by atoms with van der Waals surface area (Å²) < 4.78 is 0. The smallest absolute Gasteiger partial charge is 0.224 e. The molecule has 0 aliphatic rings. The lowest BCUT2D eigenvalue weighted by Crippen LogP contribution is -2.13. The zero-order valence-corrected chi connectivity index (χ0v) is 14.0. The van der Waals surface area contributed by atoms with E-state index in [9.17, 15) is 14.7 Å². The number of benzene rings is 2. The van der Waals surface area contributed by atoms with Crippen molar-refractivity contribution in [2.24, 2.45) is 0 Å². The number of anilines is 3. The van der Waals surface area contributed by atoms with Gasteiger partial charge in [-0.2, -0.15) is 0 Å². The Morgan fingerprint density at radius 3 is 2.08 bits per heavy atom. The van der Waals surface area contributed by atoms with Gasteiger partial charge in [0.2, 0.25) is 11.8 Å². The van der Waals surface area contributed by atoms with Crippen LogP contribution in [0.3, 0.4) is 0 Å². The van der Waals surface area contributed by atoms with E-state index in [0.29, 0.717) is 42.7 Å². The minimum Gasteiger partial charge on any atom is -0.508 e. The normalized spacial score (nSPS) is 10.2. The molecule has 2 aromatic rings. The third kappa shape index (κ3) is 6.55. The molecule has 0 radical (unpaired) electrons. The molecule has 0 bridgehead atoms. The highest BCUT2D eigenvalue weighted by molar-refractivity contribution is 5.93. The molecule has 5 N–H and O–H groups in total. The number of hydrogen-bond acceptors (Lipinski definition) is 4. The summed E-state index contributed by atoms with van der Waals surface area (Å²) in [6, 6.07) is 13.5. The van der Waals surface area contributed by atoms with Crippen LogP contribution in [-0.2, 0) is 9.59 Å². The largest absolute Gasteiger partial charge is 0.508 e. The van der Waals surface area contributed by atoms with Crippen molar-refractivity contribution in [1.29, 1.82) is 0 Å². The van der Waals surface area contributed by atoms with Crippen LogP contribution in [-0.4, -0.2) is 16.9 Å². The fraction of sp³-hybridized carbons (Fsp3) is 0.263. The maximum absolute atomic E-state index is 11.9. The number of nitrogens with one attached hydrogen (secondary N) is 2. The van der Waals surface area contributed by atoms with E-state index in [1.54, 1.807) is 24.3 Å². The second-order valence-electron chi connectivity index (χ2n) is 5.79. The molecular formula is C19H23N3O3. The first-order valence-corrected chi connectivity index (χ1v) is 8.28. The van der Waals surface area contributed by atoms with Crippen molar-refractivity contribution < 1.29 is 14.7 Å². The minimum atomic E-state index is -0.0774. The summed E-state index contributed by atoms with van der Waals surface area (Å²) in [6.07, 6.45) is 3.01. The van der Waals surface area contributed by atoms with Gasteiger partial charge >= 0.3 is 0 Å². The molecule has 0 heterocycles. The summed E-state index contributed by atoms with van der Waals surface area (Å²) in [7, 11) is 0. The summed E-state index contributed by atoms with van der Waals surface area (Å²) in [4.78, 5) is 23.7. The number of aromatic hydroxyl groups is 1. The fourth-order valence-electron chi connectivity index (χ4n) is 2.34. The van der Waals surface area contributed by atoms with Crippen LogP contribution in [0.25, 0.3) is 0 Å². The molecule has 0 aliphatic carbocycles. The van der Waals surface area contributed by atoms with Crippen LogP contribution in [0.4, 0.5) is 17.1 Å². The lowest BCUT2D eigenvalue weighted by molar-refractivity contribution is -0.116. The summed E-state index contributed by atoms with van der Waals surface area (Å²) in [5, 5.41) is 14.7. The molecule has 2 amide bonds. The second kappa shape index (κ2) is 9.32. The second-order valence-corrected chi connectivity index (χ2v) is 5.79. The van der Waals surface area contributed by atoms with Gasteiger partial charge in [-0.05, 0) is 49.2 Å². The Morgan fingerprint density at radius 1 is 0.840 bits per heavy atom. The van der Waals surface area contributed by atoms with Crippen molar-refractivity contribution in [1.82, 2.24) is 0 Å². The maximum atomic E-state index is 11.9. The highest BCUT2D eigenvalue weighted by atomic mass is 16.3. The van der Waals surface area contributed by atoms with E-state index in [1.807, 2.05) is 12.1 Å². The first-order valence-electron chi connectivity index (χ1n) is 8.28. The fourth-order valence-corrected chi connectivity index (χ4v) is 2.34.